The van der Waals surface area contributed by atoms with E-state index < -0.39 is 5.91 Å². The van der Waals surface area contributed by atoms with Crippen molar-refractivity contribution in [3.05, 3.63) is 70.4 Å². The number of primary amides is 1. The van der Waals surface area contributed by atoms with E-state index in [1.165, 1.54) is 0 Å². The van der Waals surface area contributed by atoms with Crippen molar-refractivity contribution in [3.63, 3.8) is 0 Å². The smallest absolute Gasteiger partial charge is 0.250 e. The van der Waals surface area contributed by atoms with E-state index in [4.69, 9.17) is 22.1 Å². The second-order valence-electron chi connectivity index (χ2n) is 6.47. The number of anilines is 1. The SMILES string of the molecule is CNCC(Nc1c(COC)cnc2c(C(N)=O)cccc12)c1cccc(Cl)c1. The van der Waals surface area contributed by atoms with Crippen molar-refractivity contribution < 1.29 is 9.53 Å². The van der Waals surface area contributed by atoms with Crippen molar-refractivity contribution in [2.45, 2.75) is 12.6 Å². The Morgan fingerprint density at radius 3 is 2.75 bits per heavy atom. The van der Waals surface area contributed by atoms with Crippen LogP contribution in [-0.4, -0.2) is 31.6 Å². The van der Waals surface area contributed by atoms with E-state index in [-0.39, 0.29) is 6.04 Å². The molecule has 1 heterocycles. The van der Waals surface area contributed by atoms with Gasteiger partial charge in [0.25, 0.3) is 5.91 Å². The molecule has 0 radical (unpaired) electrons. The number of halogens is 1. The third-order valence-corrected chi connectivity index (χ3v) is 4.75. The average molecular weight is 399 g/mol. The molecule has 1 atom stereocenters. The quantitative estimate of drug-likeness (QED) is 0.540. The van der Waals surface area contributed by atoms with Gasteiger partial charge in [-0.1, -0.05) is 35.9 Å². The van der Waals surface area contributed by atoms with Gasteiger partial charge in [-0.15, -0.1) is 0 Å². The number of carbonyl (C=O) groups is 1. The van der Waals surface area contributed by atoms with Crippen LogP contribution in [0.3, 0.4) is 0 Å². The number of pyridine rings is 1. The lowest BCUT2D eigenvalue weighted by atomic mass is 10.0. The number of nitrogens with zero attached hydrogens (tertiary/aromatic N) is 1. The summed E-state index contributed by atoms with van der Waals surface area (Å²) in [4.78, 5) is 16.3. The molecule has 28 heavy (non-hydrogen) atoms. The van der Waals surface area contributed by atoms with Crippen molar-refractivity contribution in [3.8, 4) is 0 Å². The highest BCUT2D eigenvalue weighted by Crippen LogP contribution is 2.32. The summed E-state index contributed by atoms with van der Waals surface area (Å²) in [5.41, 5.74) is 9.27. The molecule has 0 aliphatic heterocycles. The van der Waals surface area contributed by atoms with Crippen LogP contribution in [0.2, 0.25) is 5.02 Å². The fourth-order valence-corrected chi connectivity index (χ4v) is 3.45. The molecule has 1 amide bonds. The molecule has 1 aromatic heterocycles. The first-order valence-electron chi connectivity index (χ1n) is 8.91. The van der Waals surface area contributed by atoms with Crippen LogP contribution in [0.1, 0.15) is 27.5 Å². The zero-order valence-electron chi connectivity index (χ0n) is 15.8. The molecule has 0 bridgehead atoms. The fraction of sp³-hybridized carbons (Fsp3) is 0.238. The zero-order chi connectivity index (χ0) is 20.1. The third kappa shape index (κ3) is 4.25. The number of nitrogens with one attached hydrogen (secondary N) is 2. The van der Waals surface area contributed by atoms with Crippen molar-refractivity contribution in [1.29, 1.82) is 0 Å². The van der Waals surface area contributed by atoms with E-state index in [9.17, 15) is 4.79 Å². The van der Waals surface area contributed by atoms with Gasteiger partial charge in [0.2, 0.25) is 0 Å². The Hall–Kier alpha value is -2.67. The number of para-hydroxylation sites is 1. The number of nitrogens with two attached hydrogens (primary N) is 1. The maximum atomic E-state index is 11.8. The number of methoxy groups -OCH3 is 1. The van der Waals surface area contributed by atoms with Crippen LogP contribution >= 0.6 is 11.6 Å². The van der Waals surface area contributed by atoms with Gasteiger partial charge in [-0.2, -0.15) is 0 Å². The van der Waals surface area contributed by atoms with E-state index >= 15 is 0 Å². The highest BCUT2D eigenvalue weighted by Gasteiger charge is 2.18. The van der Waals surface area contributed by atoms with Gasteiger partial charge in [0.1, 0.15) is 0 Å². The van der Waals surface area contributed by atoms with E-state index in [1.807, 2.05) is 37.4 Å². The molecule has 3 aromatic rings. The Bertz CT molecular complexity index is 993. The highest BCUT2D eigenvalue weighted by molar-refractivity contribution is 6.30. The molecule has 4 N–H and O–H groups in total. The Morgan fingerprint density at radius 1 is 1.29 bits per heavy atom. The van der Waals surface area contributed by atoms with E-state index in [0.29, 0.717) is 29.3 Å². The summed E-state index contributed by atoms with van der Waals surface area (Å²) < 4.78 is 5.35. The topological polar surface area (TPSA) is 89.3 Å². The van der Waals surface area contributed by atoms with Crippen molar-refractivity contribution in [1.82, 2.24) is 10.3 Å². The number of benzene rings is 2. The molecule has 0 saturated carbocycles. The largest absolute Gasteiger partial charge is 0.380 e. The summed E-state index contributed by atoms with van der Waals surface area (Å²) in [6.45, 7) is 1.06. The van der Waals surface area contributed by atoms with Crippen LogP contribution in [0.5, 0.6) is 0 Å². The Morgan fingerprint density at radius 2 is 2.07 bits per heavy atom. The number of hydrogen-bond acceptors (Lipinski definition) is 5. The first-order chi connectivity index (χ1) is 13.5. The van der Waals surface area contributed by atoms with E-state index in [0.717, 1.165) is 22.2 Å². The van der Waals surface area contributed by atoms with E-state index in [2.05, 4.69) is 15.6 Å². The molecule has 0 aliphatic carbocycles. The molecule has 0 aliphatic rings. The van der Waals surface area contributed by atoms with Gasteiger partial charge >= 0.3 is 0 Å². The third-order valence-electron chi connectivity index (χ3n) is 4.52. The second-order valence-corrected chi connectivity index (χ2v) is 6.90. The molecule has 1 unspecified atom stereocenters. The molecule has 3 rings (SSSR count). The minimum absolute atomic E-state index is 0.0536. The molecule has 7 heteroatoms. The van der Waals surface area contributed by atoms with Gasteiger partial charge in [-0.3, -0.25) is 9.78 Å². The van der Waals surface area contributed by atoms with Gasteiger partial charge in [0.05, 0.1) is 29.4 Å². The summed E-state index contributed by atoms with van der Waals surface area (Å²) in [6.07, 6.45) is 1.72. The lowest BCUT2D eigenvalue weighted by Gasteiger charge is -2.23. The normalized spacial score (nSPS) is 12.1. The van der Waals surface area contributed by atoms with Crippen LogP contribution in [0.15, 0.2) is 48.7 Å². The molecule has 6 nitrogen and oxygen atoms in total. The number of likely N-dealkylation sites (N-methyl/N-ethyl adjacent to an activating group) is 1. The Balaban J connectivity index is 2.14. The maximum Gasteiger partial charge on any atom is 0.250 e. The van der Waals surface area contributed by atoms with Gasteiger partial charge in [-0.25, -0.2) is 0 Å². The van der Waals surface area contributed by atoms with Gasteiger partial charge in [0.15, 0.2) is 0 Å². The molecule has 0 spiro atoms. The number of fused-ring (bicyclic) bond motifs is 1. The summed E-state index contributed by atoms with van der Waals surface area (Å²) >= 11 is 6.19. The molecule has 2 aromatic carbocycles. The summed E-state index contributed by atoms with van der Waals surface area (Å²) in [6, 6.07) is 13.1. The van der Waals surface area contributed by atoms with Crippen LogP contribution in [0.4, 0.5) is 5.69 Å². The number of rotatable bonds is 8. The predicted octanol–water partition coefficient (Wildman–Crippen LogP) is 3.51. The van der Waals surface area contributed by atoms with Crippen LogP contribution in [-0.2, 0) is 11.3 Å². The van der Waals surface area contributed by atoms with E-state index in [1.54, 1.807) is 25.4 Å². The minimum Gasteiger partial charge on any atom is -0.380 e. The molecule has 146 valence electrons. The van der Waals surface area contributed by atoms with Crippen molar-refractivity contribution >= 4 is 34.1 Å². The van der Waals surface area contributed by atoms with Crippen LogP contribution < -0.4 is 16.4 Å². The molecule has 0 fully saturated rings. The zero-order valence-corrected chi connectivity index (χ0v) is 16.6. The van der Waals surface area contributed by atoms with Gasteiger partial charge < -0.3 is 21.1 Å². The molecular weight excluding hydrogens is 376 g/mol. The summed E-state index contributed by atoms with van der Waals surface area (Å²) in [7, 11) is 3.53. The first kappa shape index (κ1) is 20.1. The Kier molecular flexibility index (Phi) is 6.46. The predicted molar refractivity (Wildman–Crippen MR) is 113 cm³/mol. The first-order valence-corrected chi connectivity index (χ1v) is 9.29. The standard InChI is InChI=1S/C21H23ClN4O2/c1-24-11-18(13-5-3-6-15(22)9-13)26-19-14(12-28-2)10-25-20-16(19)7-4-8-17(20)21(23)27/h3-10,18,24H,11-12H2,1-2H3,(H2,23,27)(H,25,26). The maximum absolute atomic E-state index is 11.8. The van der Waals surface area contributed by atoms with Crippen molar-refractivity contribution in [2.75, 3.05) is 26.0 Å². The van der Waals surface area contributed by atoms with Crippen LogP contribution in [0.25, 0.3) is 10.9 Å². The second kappa shape index (κ2) is 9.01. The summed E-state index contributed by atoms with van der Waals surface area (Å²) in [5.74, 6) is -0.509. The average Bonchev–Trinajstić information content (AvgIpc) is 2.68. The number of amides is 1. The highest BCUT2D eigenvalue weighted by atomic mass is 35.5. The number of carbonyl (C=O) groups excluding carboxylic acids is 1. The van der Waals surface area contributed by atoms with Crippen molar-refractivity contribution in [2.24, 2.45) is 5.73 Å². The fourth-order valence-electron chi connectivity index (χ4n) is 3.25. The molecule has 0 saturated heterocycles. The number of aromatic nitrogens is 1. The van der Waals surface area contributed by atoms with Gasteiger partial charge in [-0.05, 0) is 30.8 Å². The lowest BCUT2D eigenvalue weighted by molar-refractivity contribution is 0.100. The molecular formula is C21H23ClN4O2. The number of ether oxygens (including phenoxy) is 1. The minimum atomic E-state index is -0.509. The number of hydrogen-bond donors (Lipinski definition) is 3. The monoisotopic (exact) mass is 398 g/mol. The van der Waals surface area contributed by atoms with Crippen LogP contribution in [0, 0.1) is 0 Å². The Labute approximate surface area is 169 Å². The lowest BCUT2D eigenvalue weighted by Crippen LogP contribution is -2.24. The summed E-state index contributed by atoms with van der Waals surface area (Å²) in [5, 5.41) is 8.29. The van der Waals surface area contributed by atoms with Gasteiger partial charge in [0, 0.05) is 35.8 Å².